The van der Waals surface area contributed by atoms with E-state index in [9.17, 15) is 19.3 Å². The van der Waals surface area contributed by atoms with Crippen molar-refractivity contribution in [2.24, 2.45) is 0 Å². The number of rotatable bonds is 6. The summed E-state index contributed by atoms with van der Waals surface area (Å²) in [5.74, 6) is -0.808. The summed E-state index contributed by atoms with van der Waals surface area (Å²) < 4.78 is 16.2. The number of amides is 1. The number of hydrogen-bond donors (Lipinski definition) is 0. The van der Waals surface area contributed by atoms with Crippen LogP contribution in [-0.2, 0) is 6.54 Å². The summed E-state index contributed by atoms with van der Waals surface area (Å²) in [5, 5.41) is 18.9. The van der Waals surface area contributed by atoms with Gasteiger partial charge in [-0.15, -0.1) is 5.10 Å². The molecule has 0 aliphatic carbocycles. The number of benzene rings is 2. The van der Waals surface area contributed by atoms with Crippen LogP contribution < -0.4 is 0 Å². The molecule has 0 spiro atoms. The van der Waals surface area contributed by atoms with Gasteiger partial charge in [-0.1, -0.05) is 27.2 Å². The number of hydrogen-bond acceptors (Lipinski definition) is 5. The Morgan fingerprint density at radius 1 is 1.31 bits per heavy atom. The fourth-order valence-corrected chi connectivity index (χ4v) is 3.27. The minimum absolute atomic E-state index is 0.0731. The Balaban J connectivity index is 1.90. The van der Waals surface area contributed by atoms with E-state index in [-0.39, 0.29) is 17.9 Å². The lowest BCUT2D eigenvalue weighted by Crippen LogP contribution is -2.31. The maximum Gasteiger partial charge on any atom is 0.276 e. The van der Waals surface area contributed by atoms with Crippen LogP contribution in [0.5, 0.6) is 0 Å². The van der Waals surface area contributed by atoms with Crippen LogP contribution in [0.2, 0.25) is 0 Å². The van der Waals surface area contributed by atoms with Gasteiger partial charge in [0.05, 0.1) is 16.3 Å². The van der Waals surface area contributed by atoms with Gasteiger partial charge in [-0.25, -0.2) is 9.07 Å². The molecule has 29 heavy (non-hydrogen) atoms. The number of carbonyl (C=O) groups is 1. The molecule has 0 aliphatic heterocycles. The van der Waals surface area contributed by atoms with Crippen molar-refractivity contribution in [3.63, 3.8) is 0 Å². The topological polar surface area (TPSA) is 94.2 Å². The van der Waals surface area contributed by atoms with Crippen LogP contribution in [0, 0.1) is 22.9 Å². The number of halogens is 2. The second-order valence-corrected chi connectivity index (χ2v) is 7.18. The monoisotopic (exact) mass is 461 g/mol. The Labute approximate surface area is 174 Å². The number of aromatic nitrogens is 3. The Hall–Kier alpha value is -3.14. The molecule has 1 heterocycles. The molecule has 2 aromatic carbocycles. The number of non-ortho nitro benzene ring substituents is 1. The molecule has 8 nitrogen and oxygen atoms in total. The Morgan fingerprint density at radius 2 is 2.07 bits per heavy atom. The van der Waals surface area contributed by atoms with Gasteiger partial charge in [0, 0.05) is 35.3 Å². The quantitative estimate of drug-likeness (QED) is 0.407. The van der Waals surface area contributed by atoms with Crippen molar-refractivity contribution in [2.45, 2.75) is 20.4 Å². The molecule has 0 aliphatic rings. The van der Waals surface area contributed by atoms with Gasteiger partial charge in [-0.05, 0) is 38.1 Å². The van der Waals surface area contributed by atoms with Crippen molar-refractivity contribution in [1.82, 2.24) is 19.9 Å². The highest BCUT2D eigenvalue weighted by Gasteiger charge is 2.23. The lowest BCUT2D eigenvalue weighted by Gasteiger charge is -2.20. The van der Waals surface area contributed by atoms with Crippen molar-refractivity contribution in [3.8, 4) is 5.69 Å². The van der Waals surface area contributed by atoms with Gasteiger partial charge in [0.15, 0.2) is 5.69 Å². The predicted molar refractivity (Wildman–Crippen MR) is 107 cm³/mol. The molecule has 10 heteroatoms. The molecule has 0 saturated heterocycles. The molecule has 0 atom stereocenters. The highest BCUT2D eigenvalue weighted by molar-refractivity contribution is 9.10. The molecule has 0 radical (unpaired) electrons. The molecule has 0 fully saturated rings. The molecule has 0 N–H and O–H groups in total. The summed E-state index contributed by atoms with van der Waals surface area (Å²) in [6, 6.07) is 10.4. The van der Waals surface area contributed by atoms with E-state index in [4.69, 9.17) is 0 Å². The first-order valence-corrected chi connectivity index (χ1v) is 9.51. The fraction of sp³-hybridized carbons (Fsp3) is 0.211. The smallest absolute Gasteiger partial charge is 0.276 e. The zero-order chi connectivity index (χ0) is 21.1. The van der Waals surface area contributed by atoms with Crippen molar-refractivity contribution < 1.29 is 14.1 Å². The lowest BCUT2D eigenvalue weighted by molar-refractivity contribution is -0.384. The standard InChI is InChI=1S/C19H17BrFN5O3/c1-3-24(11-13-9-14(20)7-8-17(13)21)19(27)18-12(2)25(23-22-18)15-5-4-6-16(10-15)26(28)29/h4-10H,3,11H2,1-2H3. The van der Waals surface area contributed by atoms with Gasteiger partial charge in [-0.2, -0.15) is 0 Å². The van der Waals surface area contributed by atoms with E-state index in [0.717, 1.165) is 0 Å². The first kappa shape index (κ1) is 20.6. The zero-order valence-electron chi connectivity index (χ0n) is 15.7. The second-order valence-electron chi connectivity index (χ2n) is 6.27. The van der Waals surface area contributed by atoms with Gasteiger partial charge >= 0.3 is 0 Å². The molecular formula is C19H17BrFN5O3. The molecule has 0 bridgehead atoms. The summed E-state index contributed by atoms with van der Waals surface area (Å²) in [4.78, 5) is 24.9. The lowest BCUT2D eigenvalue weighted by atomic mass is 10.2. The third-order valence-electron chi connectivity index (χ3n) is 4.42. The van der Waals surface area contributed by atoms with Crippen LogP contribution in [-0.4, -0.2) is 37.3 Å². The molecular weight excluding hydrogens is 445 g/mol. The second kappa shape index (κ2) is 8.48. The predicted octanol–water partition coefficient (Wildman–Crippen LogP) is 4.05. The SMILES string of the molecule is CCN(Cc1cc(Br)ccc1F)C(=O)c1nnn(-c2cccc([N+](=O)[O-])c2)c1C. The maximum absolute atomic E-state index is 14.1. The number of nitro groups is 1. The minimum Gasteiger partial charge on any atom is -0.333 e. The van der Waals surface area contributed by atoms with Gasteiger partial charge in [0.2, 0.25) is 0 Å². The first-order chi connectivity index (χ1) is 13.8. The molecule has 0 saturated carbocycles. The molecule has 3 rings (SSSR count). The van der Waals surface area contributed by atoms with E-state index in [1.807, 2.05) is 0 Å². The minimum atomic E-state index is -0.507. The third kappa shape index (κ3) is 4.32. The fourth-order valence-electron chi connectivity index (χ4n) is 2.86. The summed E-state index contributed by atoms with van der Waals surface area (Å²) >= 11 is 3.30. The Morgan fingerprint density at radius 3 is 2.76 bits per heavy atom. The van der Waals surface area contributed by atoms with E-state index >= 15 is 0 Å². The van der Waals surface area contributed by atoms with Crippen molar-refractivity contribution in [2.75, 3.05) is 6.54 Å². The van der Waals surface area contributed by atoms with Crippen molar-refractivity contribution in [1.29, 1.82) is 0 Å². The Kier molecular flexibility index (Phi) is 6.02. The van der Waals surface area contributed by atoms with Crippen molar-refractivity contribution in [3.05, 3.63) is 79.8 Å². The van der Waals surface area contributed by atoms with E-state index < -0.39 is 16.6 Å². The van der Waals surface area contributed by atoms with Crippen LogP contribution >= 0.6 is 15.9 Å². The average Bonchev–Trinajstić information content (AvgIpc) is 3.09. The van der Waals surface area contributed by atoms with Crippen LogP contribution in [0.25, 0.3) is 5.69 Å². The van der Waals surface area contributed by atoms with Gasteiger partial charge in [0.25, 0.3) is 11.6 Å². The van der Waals surface area contributed by atoms with E-state index in [1.54, 1.807) is 32.0 Å². The molecule has 0 unspecified atom stereocenters. The van der Waals surface area contributed by atoms with Gasteiger partial charge in [0.1, 0.15) is 5.82 Å². The summed E-state index contributed by atoms with van der Waals surface area (Å²) in [7, 11) is 0. The van der Waals surface area contributed by atoms with E-state index in [2.05, 4.69) is 26.2 Å². The number of nitro benzene ring substituents is 1. The first-order valence-electron chi connectivity index (χ1n) is 8.72. The third-order valence-corrected chi connectivity index (χ3v) is 4.91. The van der Waals surface area contributed by atoms with Crippen molar-refractivity contribution >= 4 is 27.5 Å². The molecule has 1 aromatic heterocycles. The summed E-state index contributed by atoms with van der Waals surface area (Å²) in [6.07, 6.45) is 0. The summed E-state index contributed by atoms with van der Waals surface area (Å²) in [5.41, 5.74) is 1.24. The van der Waals surface area contributed by atoms with Gasteiger partial charge in [-0.3, -0.25) is 14.9 Å². The molecule has 150 valence electrons. The normalized spacial score (nSPS) is 10.8. The van der Waals surface area contributed by atoms with Crippen LogP contribution in [0.15, 0.2) is 46.9 Å². The maximum atomic E-state index is 14.1. The average molecular weight is 462 g/mol. The molecule has 3 aromatic rings. The zero-order valence-corrected chi connectivity index (χ0v) is 17.3. The van der Waals surface area contributed by atoms with Crippen LogP contribution in [0.3, 0.4) is 0 Å². The summed E-state index contributed by atoms with van der Waals surface area (Å²) in [6.45, 7) is 3.85. The highest BCUT2D eigenvalue weighted by Crippen LogP contribution is 2.21. The largest absolute Gasteiger partial charge is 0.333 e. The van der Waals surface area contributed by atoms with E-state index in [1.165, 1.54) is 33.8 Å². The highest BCUT2D eigenvalue weighted by atomic mass is 79.9. The van der Waals surface area contributed by atoms with Crippen LogP contribution in [0.1, 0.15) is 28.7 Å². The number of nitrogens with zero attached hydrogens (tertiary/aromatic N) is 5. The number of carbonyl (C=O) groups excluding carboxylic acids is 1. The van der Waals surface area contributed by atoms with Gasteiger partial charge < -0.3 is 4.90 Å². The van der Waals surface area contributed by atoms with Crippen LogP contribution in [0.4, 0.5) is 10.1 Å². The Bertz CT molecular complexity index is 1090. The molecule has 1 amide bonds. The van der Waals surface area contributed by atoms with E-state index in [0.29, 0.717) is 28.0 Å².